The maximum Gasteiger partial charge on any atom is 0.169 e. The molecule has 8 heteroatoms. The Bertz CT molecular complexity index is 821. The van der Waals surface area contributed by atoms with Gasteiger partial charge in [0.25, 0.3) is 0 Å². The van der Waals surface area contributed by atoms with Gasteiger partial charge in [0, 0.05) is 49.7 Å². The minimum absolute atomic E-state index is 0.0793. The summed E-state index contributed by atoms with van der Waals surface area (Å²) in [6.45, 7) is 5.52. The lowest BCUT2D eigenvalue weighted by Crippen LogP contribution is -2.58. The number of nitrogens with zero attached hydrogens (tertiary/aromatic N) is 4. The van der Waals surface area contributed by atoms with Gasteiger partial charge in [-0.2, -0.15) is 0 Å². The maximum absolute atomic E-state index is 12.2. The highest BCUT2D eigenvalue weighted by Gasteiger charge is 2.45. The second-order valence-electron chi connectivity index (χ2n) is 6.70. The van der Waals surface area contributed by atoms with Crippen LogP contribution in [-0.4, -0.2) is 71.4 Å². The van der Waals surface area contributed by atoms with Gasteiger partial charge in [0.05, 0.1) is 16.4 Å². The summed E-state index contributed by atoms with van der Waals surface area (Å²) in [4.78, 5) is 14.6. The molecule has 0 aliphatic carbocycles. The van der Waals surface area contributed by atoms with Crippen LogP contribution < -0.4 is 0 Å². The normalized spacial score (nSPS) is 26.6. The molecule has 0 saturated carbocycles. The van der Waals surface area contributed by atoms with Crippen molar-refractivity contribution >= 4 is 21.2 Å². The summed E-state index contributed by atoms with van der Waals surface area (Å²) in [5.74, 6) is 1.30. The fourth-order valence-corrected chi connectivity index (χ4v) is 6.60. The van der Waals surface area contributed by atoms with Crippen LogP contribution in [0.5, 0.6) is 0 Å². The number of rotatable bonds is 4. The molecule has 2 saturated heterocycles. The van der Waals surface area contributed by atoms with Gasteiger partial charge in [-0.15, -0.1) is 11.3 Å². The molecular formula is C17H22N4O2S2. The first-order chi connectivity index (χ1) is 12.1. The molecule has 2 aliphatic rings. The molecule has 4 rings (SSSR count). The average Bonchev–Trinajstić information content (AvgIpc) is 3.23. The molecule has 25 heavy (non-hydrogen) atoms. The van der Waals surface area contributed by atoms with Gasteiger partial charge in [-0.05, 0) is 18.0 Å². The standard InChI is InChI=1S/C17H22N4O2S2/c1-2-20-5-6-21(15-12-25(22,23)11-14(15)20)10-13-8-18-17(19-9-13)16-4-3-7-24-16/h3-4,7-9,14-15H,2,5-6,10-12H2,1H3/t14-,15+/m0/s1. The molecule has 0 unspecified atom stereocenters. The van der Waals surface area contributed by atoms with Crippen molar-refractivity contribution in [3.8, 4) is 10.7 Å². The molecule has 2 aliphatic heterocycles. The summed E-state index contributed by atoms with van der Waals surface area (Å²) < 4.78 is 24.3. The minimum atomic E-state index is -2.95. The number of hydrogen-bond donors (Lipinski definition) is 0. The summed E-state index contributed by atoms with van der Waals surface area (Å²) >= 11 is 1.62. The zero-order valence-electron chi connectivity index (χ0n) is 14.2. The van der Waals surface area contributed by atoms with Crippen molar-refractivity contribution in [2.75, 3.05) is 31.1 Å². The lowest BCUT2D eigenvalue weighted by molar-refractivity contribution is 0.0438. The number of thiophene rings is 1. The van der Waals surface area contributed by atoms with E-state index in [1.165, 1.54) is 0 Å². The number of hydrogen-bond acceptors (Lipinski definition) is 7. The minimum Gasteiger partial charge on any atom is -0.297 e. The summed E-state index contributed by atoms with van der Waals surface area (Å²) in [6.07, 6.45) is 3.74. The predicted molar refractivity (Wildman–Crippen MR) is 99.2 cm³/mol. The van der Waals surface area contributed by atoms with Crippen molar-refractivity contribution in [2.24, 2.45) is 0 Å². The third kappa shape index (κ3) is 3.48. The van der Waals surface area contributed by atoms with Crippen LogP contribution in [0, 0.1) is 0 Å². The van der Waals surface area contributed by atoms with Crippen molar-refractivity contribution in [2.45, 2.75) is 25.6 Å². The Morgan fingerprint density at radius 1 is 1.16 bits per heavy atom. The van der Waals surface area contributed by atoms with Crippen molar-refractivity contribution in [3.63, 3.8) is 0 Å². The molecule has 2 aromatic rings. The molecule has 0 amide bonds. The Labute approximate surface area is 152 Å². The van der Waals surface area contributed by atoms with E-state index < -0.39 is 9.84 Å². The van der Waals surface area contributed by atoms with Crippen LogP contribution in [-0.2, 0) is 16.4 Å². The number of piperazine rings is 1. The van der Waals surface area contributed by atoms with Gasteiger partial charge in [-0.1, -0.05) is 13.0 Å². The van der Waals surface area contributed by atoms with Crippen LogP contribution in [0.2, 0.25) is 0 Å². The molecule has 2 aromatic heterocycles. The second kappa shape index (κ2) is 6.75. The quantitative estimate of drug-likeness (QED) is 0.803. The van der Waals surface area contributed by atoms with E-state index in [4.69, 9.17) is 0 Å². The zero-order chi connectivity index (χ0) is 17.4. The van der Waals surface area contributed by atoms with Crippen LogP contribution in [0.15, 0.2) is 29.9 Å². The largest absolute Gasteiger partial charge is 0.297 e. The number of sulfone groups is 1. The third-order valence-corrected chi connectivity index (χ3v) is 7.71. The lowest BCUT2D eigenvalue weighted by Gasteiger charge is -2.43. The highest BCUT2D eigenvalue weighted by atomic mass is 32.2. The molecule has 0 spiro atoms. The van der Waals surface area contributed by atoms with E-state index in [-0.39, 0.29) is 23.6 Å². The van der Waals surface area contributed by atoms with E-state index in [9.17, 15) is 8.42 Å². The highest BCUT2D eigenvalue weighted by molar-refractivity contribution is 7.91. The molecule has 2 atom stereocenters. The van der Waals surface area contributed by atoms with Crippen molar-refractivity contribution < 1.29 is 8.42 Å². The average molecular weight is 379 g/mol. The van der Waals surface area contributed by atoms with E-state index >= 15 is 0 Å². The van der Waals surface area contributed by atoms with Gasteiger partial charge in [-0.25, -0.2) is 18.4 Å². The smallest absolute Gasteiger partial charge is 0.169 e. The summed E-state index contributed by atoms with van der Waals surface area (Å²) in [6, 6.07) is 4.20. The third-order valence-electron chi connectivity index (χ3n) is 5.14. The monoisotopic (exact) mass is 378 g/mol. The van der Waals surface area contributed by atoms with Gasteiger partial charge in [0.15, 0.2) is 15.7 Å². The van der Waals surface area contributed by atoms with Crippen LogP contribution in [0.25, 0.3) is 10.7 Å². The van der Waals surface area contributed by atoms with Gasteiger partial charge in [0.1, 0.15) is 0 Å². The van der Waals surface area contributed by atoms with E-state index in [2.05, 4.69) is 26.7 Å². The molecular weight excluding hydrogens is 356 g/mol. The van der Waals surface area contributed by atoms with E-state index in [1.807, 2.05) is 29.9 Å². The van der Waals surface area contributed by atoms with Gasteiger partial charge >= 0.3 is 0 Å². The van der Waals surface area contributed by atoms with Crippen molar-refractivity contribution in [1.82, 2.24) is 19.8 Å². The van der Waals surface area contributed by atoms with Crippen LogP contribution >= 0.6 is 11.3 Å². The van der Waals surface area contributed by atoms with Crippen LogP contribution in [0.1, 0.15) is 12.5 Å². The Kier molecular flexibility index (Phi) is 4.61. The van der Waals surface area contributed by atoms with Crippen molar-refractivity contribution in [1.29, 1.82) is 0 Å². The Balaban J connectivity index is 1.50. The molecule has 0 bridgehead atoms. The first kappa shape index (κ1) is 17.1. The highest BCUT2D eigenvalue weighted by Crippen LogP contribution is 2.28. The molecule has 4 heterocycles. The molecule has 2 fully saturated rings. The van der Waals surface area contributed by atoms with Gasteiger partial charge < -0.3 is 0 Å². The zero-order valence-corrected chi connectivity index (χ0v) is 15.8. The number of likely N-dealkylation sites (N-methyl/N-ethyl adjacent to an activating group) is 1. The maximum atomic E-state index is 12.2. The Morgan fingerprint density at radius 2 is 1.84 bits per heavy atom. The predicted octanol–water partition coefficient (Wildman–Crippen LogP) is 1.51. The summed E-state index contributed by atoms with van der Waals surface area (Å²) in [5.41, 5.74) is 1.04. The first-order valence-corrected chi connectivity index (χ1v) is 11.3. The SMILES string of the molecule is CCN1CCN(Cc2cnc(-c3cccs3)nc2)[C@@H]2CS(=O)(=O)C[C@@H]21. The van der Waals surface area contributed by atoms with Crippen LogP contribution in [0.3, 0.4) is 0 Å². The molecule has 0 aromatic carbocycles. The van der Waals surface area contributed by atoms with Crippen molar-refractivity contribution in [3.05, 3.63) is 35.5 Å². The molecule has 0 radical (unpaired) electrons. The first-order valence-electron chi connectivity index (χ1n) is 8.59. The number of aromatic nitrogens is 2. The van der Waals surface area contributed by atoms with E-state index in [0.717, 1.165) is 35.9 Å². The fourth-order valence-electron chi connectivity index (χ4n) is 3.89. The summed E-state index contributed by atoms with van der Waals surface area (Å²) in [5, 5.41) is 2.01. The second-order valence-corrected chi connectivity index (χ2v) is 9.80. The van der Waals surface area contributed by atoms with Gasteiger partial charge in [-0.3, -0.25) is 9.80 Å². The molecule has 0 N–H and O–H groups in total. The molecule has 6 nitrogen and oxygen atoms in total. The number of fused-ring (bicyclic) bond motifs is 1. The lowest BCUT2D eigenvalue weighted by atomic mass is 10.0. The fraction of sp³-hybridized carbons (Fsp3) is 0.529. The van der Waals surface area contributed by atoms with Crippen LogP contribution in [0.4, 0.5) is 0 Å². The Hall–Kier alpha value is -1.35. The van der Waals surface area contributed by atoms with E-state index in [0.29, 0.717) is 6.54 Å². The Morgan fingerprint density at radius 3 is 2.48 bits per heavy atom. The molecule has 134 valence electrons. The topological polar surface area (TPSA) is 66.4 Å². The van der Waals surface area contributed by atoms with Gasteiger partial charge in [0.2, 0.25) is 0 Å². The van der Waals surface area contributed by atoms with E-state index in [1.54, 1.807) is 11.3 Å². The summed E-state index contributed by atoms with van der Waals surface area (Å²) in [7, 11) is -2.95.